The van der Waals surface area contributed by atoms with Crippen LogP contribution in [0.25, 0.3) is 0 Å². The van der Waals surface area contributed by atoms with Crippen LogP contribution in [0.1, 0.15) is 83.5 Å². The minimum atomic E-state index is -0.0928. The van der Waals surface area contributed by atoms with E-state index in [4.69, 9.17) is 0 Å². The Morgan fingerprint density at radius 2 is 1.10 bits per heavy atom. The van der Waals surface area contributed by atoms with Crippen molar-refractivity contribution in [2.24, 2.45) is 46.3 Å². The van der Waals surface area contributed by atoms with Gasteiger partial charge < -0.3 is 10.6 Å². The lowest BCUT2D eigenvalue weighted by Crippen LogP contribution is -2.54. The van der Waals surface area contributed by atoms with Crippen LogP contribution in [-0.2, 0) is 9.59 Å². The van der Waals surface area contributed by atoms with Crippen molar-refractivity contribution in [2.45, 2.75) is 83.5 Å². The van der Waals surface area contributed by atoms with Gasteiger partial charge >= 0.3 is 0 Å². The van der Waals surface area contributed by atoms with Gasteiger partial charge in [0.25, 0.3) is 0 Å². The van der Waals surface area contributed by atoms with Gasteiger partial charge in [-0.15, -0.1) is 0 Å². The third-order valence-electron chi connectivity index (χ3n) is 9.98. The zero-order valence-corrected chi connectivity index (χ0v) is 17.9. The predicted molar refractivity (Wildman–Crippen MR) is 112 cm³/mol. The summed E-state index contributed by atoms with van der Waals surface area (Å²) in [5.41, 5.74) is 0.303. The van der Waals surface area contributed by atoms with E-state index in [0.29, 0.717) is 18.4 Å². The third kappa shape index (κ3) is 3.33. The van der Waals surface area contributed by atoms with E-state index in [1.54, 1.807) is 0 Å². The Morgan fingerprint density at radius 3 is 1.59 bits per heavy atom. The van der Waals surface area contributed by atoms with Gasteiger partial charge in [0.15, 0.2) is 0 Å². The Morgan fingerprint density at radius 1 is 0.655 bits per heavy atom. The Balaban J connectivity index is 0.974. The van der Waals surface area contributed by atoms with E-state index in [1.165, 1.54) is 57.8 Å². The predicted octanol–water partition coefficient (Wildman–Crippen LogP) is 4.04. The topological polar surface area (TPSA) is 58.2 Å². The molecule has 8 bridgehead atoms. The minimum absolute atomic E-state index is 0.0928. The van der Waals surface area contributed by atoms with Crippen molar-refractivity contribution in [1.82, 2.24) is 10.6 Å². The molecule has 8 aliphatic carbocycles. The molecule has 0 aromatic heterocycles. The summed E-state index contributed by atoms with van der Waals surface area (Å²) >= 11 is 0. The highest BCUT2D eigenvalue weighted by atomic mass is 16.2. The smallest absolute Gasteiger partial charge is 0.226 e. The van der Waals surface area contributed by atoms with Crippen molar-refractivity contribution < 1.29 is 9.59 Å². The fraction of sp³-hybridized carbons (Fsp3) is 0.920. The van der Waals surface area contributed by atoms with Crippen molar-refractivity contribution in [1.29, 1.82) is 0 Å². The molecule has 0 spiro atoms. The Kier molecular flexibility index (Phi) is 4.33. The van der Waals surface area contributed by atoms with E-state index in [2.05, 4.69) is 10.6 Å². The van der Waals surface area contributed by atoms with Gasteiger partial charge in [-0.25, -0.2) is 0 Å². The molecule has 0 heterocycles. The zero-order chi connectivity index (χ0) is 19.6. The Bertz CT molecular complexity index is 628. The van der Waals surface area contributed by atoms with Crippen molar-refractivity contribution >= 4 is 11.8 Å². The van der Waals surface area contributed by atoms with Gasteiger partial charge in [-0.3, -0.25) is 9.59 Å². The normalized spacial score (nSPS) is 48.7. The lowest BCUT2D eigenvalue weighted by molar-refractivity contribution is -0.146. The molecule has 0 saturated heterocycles. The molecule has 0 aliphatic heterocycles. The lowest BCUT2D eigenvalue weighted by Gasteiger charge is -2.56. The fourth-order valence-electron chi connectivity index (χ4n) is 9.75. The molecule has 4 nitrogen and oxygen atoms in total. The van der Waals surface area contributed by atoms with Crippen LogP contribution in [0.2, 0.25) is 0 Å². The lowest BCUT2D eigenvalue weighted by atomic mass is 9.49. The molecule has 8 fully saturated rings. The average molecular weight is 399 g/mol. The molecule has 0 atom stereocenters. The van der Waals surface area contributed by atoms with Gasteiger partial charge in [-0.1, -0.05) is 0 Å². The van der Waals surface area contributed by atoms with Crippen LogP contribution in [0.15, 0.2) is 0 Å². The quantitative estimate of drug-likeness (QED) is 0.709. The summed E-state index contributed by atoms with van der Waals surface area (Å²) in [5, 5.41) is 6.42. The van der Waals surface area contributed by atoms with E-state index >= 15 is 0 Å². The summed E-state index contributed by atoms with van der Waals surface area (Å²) in [6, 6.07) is 0. The van der Waals surface area contributed by atoms with Gasteiger partial charge in [0.2, 0.25) is 11.8 Å². The number of hydrogen-bond acceptors (Lipinski definition) is 2. The summed E-state index contributed by atoms with van der Waals surface area (Å²) in [4.78, 5) is 25.5. The second kappa shape index (κ2) is 6.72. The molecule has 0 aromatic rings. The van der Waals surface area contributed by atoms with Crippen LogP contribution in [0.3, 0.4) is 0 Å². The van der Waals surface area contributed by atoms with Crippen LogP contribution in [0, 0.1) is 46.3 Å². The molecule has 0 radical (unpaired) electrons. The average Bonchev–Trinajstić information content (AvgIpc) is 2.64. The van der Waals surface area contributed by atoms with E-state index in [-0.39, 0.29) is 17.2 Å². The van der Waals surface area contributed by atoms with Crippen LogP contribution in [-0.4, -0.2) is 24.9 Å². The van der Waals surface area contributed by atoms with Gasteiger partial charge in [-0.05, 0) is 118 Å². The summed E-state index contributed by atoms with van der Waals surface area (Å²) in [6.45, 7) is 1.38. The molecule has 8 saturated carbocycles. The largest absolute Gasteiger partial charge is 0.355 e. The van der Waals surface area contributed by atoms with E-state index < -0.39 is 0 Å². The number of nitrogens with one attached hydrogen (secondary N) is 2. The number of carbonyl (C=O) groups is 2. The van der Waals surface area contributed by atoms with E-state index in [9.17, 15) is 9.59 Å². The maximum absolute atomic E-state index is 13.0. The van der Waals surface area contributed by atoms with Gasteiger partial charge in [0, 0.05) is 24.9 Å². The van der Waals surface area contributed by atoms with Crippen molar-refractivity contribution in [3.8, 4) is 0 Å². The Hall–Kier alpha value is -1.06. The van der Waals surface area contributed by atoms with Crippen LogP contribution in [0.5, 0.6) is 0 Å². The molecule has 0 unspecified atom stereocenters. The first-order chi connectivity index (χ1) is 14.0. The van der Waals surface area contributed by atoms with E-state index in [1.807, 2.05) is 0 Å². The number of amides is 2. The molecule has 160 valence electrons. The Labute approximate surface area is 175 Å². The van der Waals surface area contributed by atoms with E-state index in [0.717, 1.165) is 61.3 Å². The molecule has 8 rings (SSSR count). The van der Waals surface area contributed by atoms with Crippen LogP contribution in [0.4, 0.5) is 0 Å². The highest BCUT2D eigenvalue weighted by Gasteiger charge is 2.54. The van der Waals surface area contributed by atoms with Crippen LogP contribution < -0.4 is 10.6 Å². The summed E-state index contributed by atoms with van der Waals surface area (Å²) in [7, 11) is 0. The molecular formula is C25H38N2O2. The zero-order valence-electron chi connectivity index (χ0n) is 17.9. The van der Waals surface area contributed by atoms with Gasteiger partial charge in [-0.2, -0.15) is 0 Å². The van der Waals surface area contributed by atoms with Gasteiger partial charge in [0.05, 0.1) is 0 Å². The van der Waals surface area contributed by atoms with Crippen LogP contribution >= 0.6 is 0 Å². The first-order valence-corrected chi connectivity index (χ1v) is 12.5. The SMILES string of the molecule is O=C(CCNC(=O)C12CC3CC(CC(C3)C1)C2)NCC12CC3CC(CC(C3)C1)C2. The monoisotopic (exact) mass is 398 g/mol. The molecule has 8 aliphatic rings. The molecule has 2 amide bonds. The molecule has 29 heavy (non-hydrogen) atoms. The highest BCUT2D eigenvalue weighted by molar-refractivity contribution is 5.84. The first-order valence-electron chi connectivity index (χ1n) is 12.5. The summed E-state index contributed by atoms with van der Waals surface area (Å²) in [6.07, 6.45) is 16.2. The molecule has 2 N–H and O–H groups in total. The minimum Gasteiger partial charge on any atom is -0.355 e. The maximum Gasteiger partial charge on any atom is 0.226 e. The number of rotatable bonds is 6. The molecular weight excluding hydrogens is 360 g/mol. The van der Waals surface area contributed by atoms with Crippen molar-refractivity contribution in [2.75, 3.05) is 13.1 Å². The molecule has 0 aromatic carbocycles. The van der Waals surface area contributed by atoms with Crippen molar-refractivity contribution in [3.05, 3.63) is 0 Å². The fourth-order valence-corrected chi connectivity index (χ4v) is 9.75. The number of hydrogen-bond donors (Lipinski definition) is 2. The summed E-state index contributed by atoms with van der Waals surface area (Å²) in [5.74, 6) is 5.53. The second-order valence-electron chi connectivity index (χ2n) is 12.4. The highest BCUT2D eigenvalue weighted by Crippen LogP contribution is 2.61. The molecule has 4 heteroatoms. The number of carbonyl (C=O) groups excluding carboxylic acids is 2. The standard InChI is InChI=1S/C25H38N2O2/c28-22(27-15-24-9-16-3-17(10-24)5-18(4-16)11-24)1-2-26-23(29)25-12-19-6-20(13-25)8-21(7-19)14-25/h16-21H,1-15H2,(H,26,29)(H,27,28). The maximum atomic E-state index is 13.0. The van der Waals surface area contributed by atoms with Gasteiger partial charge in [0.1, 0.15) is 0 Å². The third-order valence-corrected chi connectivity index (χ3v) is 9.98. The summed E-state index contributed by atoms with van der Waals surface area (Å²) < 4.78 is 0. The van der Waals surface area contributed by atoms with Crippen molar-refractivity contribution in [3.63, 3.8) is 0 Å². The second-order valence-corrected chi connectivity index (χ2v) is 12.4. The first kappa shape index (κ1) is 18.7.